The van der Waals surface area contributed by atoms with Gasteiger partial charge >= 0.3 is 6.03 Å². The number of carbonyl (C=O) groups is 1. The van der Waals surface area contributed by atoms with Crippen LogP contribution in [0.25, 0.3) is 11.0 Å². The molecule has 31 heavy (non-hydrogen) atoms. The van der Waals surface area contributed by atoms with Crippen LogP contribution >= 0.6 is 0 Å². The van der Waals surface area contributed by atoms with Crippen LogP contribution in [0.2, 0.25) is 0 Å². The third-order valence-electron chi connectivity index (χ3n) is 5.85. The molecule has 2 N–H and O–H groups in total. The SMILES string of the molecule is COc1cc2nn(C)nc2cc1NC(=O)N1CCc2c(N3CCN[C@H](C)C3)ccnc21. The topological polar surface area (TPSA) is 100 Å². The van der Waals surface area contributed by atoms with Crippen LogP contribution < -0.4 is 25.2 Å². The number of hydrogen-bond donors (Lipinski definition) is 2. The van der Waals surface area contributed by atoms with Crippen LogP contribution in [0.3, 0.4) is 0 Å². The first-order chi connectivity index (χ1) is 15.0. The van der Waals surface area contributed by atoms with Crippen LogP contribution in [-0.2, 0) is 13.5 Å². The molecule has 162 valence electrons. The van der Waals surface area contributed by atoms with E-state index in [0.717, 1.165) is 37.4 Å². The molecule has 3 aromatic rings. The summed E-state index contributed by atoms with van der Waals surface area (Å²) in [4.78, 5) is 23.3. The van der Waals surface area contributed by atoms with Gasteiger partial charge in [0.1, 0.15) is 22.6 Å². The maximum atomic E-state index is 13.2. The third-order valence-corrected chi connectivity index (χ3v) is 5.85. The molecule has 1 fully saturated rings. The third kappa shape index (κ3) is 3.52. The lowest BCUT2D eigenvalue weighted by atomic mass is 10.1. The average Bonchev–Trinajstić information content (AvgIpc) is 3.35. The van der Waals surface area contributed by atoms with Gasteiger partial charge in [-0.05, 0) is 25.5 Å². The van der Waals surface area contributed by atoms with Crippen LogP contribution in [0.1, 0.15) is 12.5 Å². The Morgan fingerprint density at radius 2 is 2.06 bits per heavy atom. The van der Waals surface area contributed by atoms with Crippen molar-refractivity contribution in [1.82, 2.24) is 25.3 Å². The van der Waals surface area contributed by atoms with Crippen LogP contribution in [0.15, 0.2) is 24.4 Å². The monoisotopic (exact) mass is 422 g/mol. The van der Waals surface area contributed by atoms with E-state index < -0.39 is 0 Å². The van der Waals surface area contributed by atoms with Gasteiger partial charge in [0.2, 0.25) is 0 Å². The summed E-state index contributed by atoms with van der Waals surface area (Å²) < 4.78 is 5.47. The molecule has 4 heterocycles. The van der Waals surface area contributed by atoms with Gasteiger partial charge in [-0.15, -0.1) is 0 Å². The Kier molecular flexibility index (Phi) is 4.85. The van der Waals surface area contributed by atoms with Gasteiger partial charge in [-0.25, -0.2) is 9.78 Å². The van der Waals surface area contributed by atoms with Crippen LogP contribution in [0, 0.1) is 0 Å². The number of benzene rings is 1. The smallest absolute Gasteiger partial charge is 0.327 e. The Morgan fingerprint density at radius 1 is 1.26 bits per heavy atom. The Morgan fingerprint density at radius 3 is 2.84 bits per heavy atom. The van der Waals surface area contributed by atoms with E-state index in [4.69, 9.17) is 4.74 Å². The number of ether oxygens (including phenoxy) is 1. The molecule has 0 aliphatic carbocycles. The Hall–Kier alpha value is -3.40. The number of urea groups is 1. The van der Waals surface area contributed by atoms with Crippen molar-refractivity contribution in [3.05, 3.63) is 30.0 Å². The number of nitrogens with zero attached hydrogens (tertiary/aromatic N) is 6. The van der Waals surface area contributed by atoms with Gasteiger partial charge in [-0.2, -0.15) is 15.0 Å². The number of aryl methyl sites for hydroxylation is 1. The van der Waals surface area contributed by atoms with E-state index in [0.29, 0.717) is 35.1 Å². The largest absolute Gasteiger partial charge is 0.494 e. The first-order valence-corrected chi connectivity index (χ1v) is 10.5. The fourth-order valence-electron chi connectivity index (χ4n) is 4.42. The maximum Gasteiger partial charge on any atom is 0.327 e. The number of rotatable bonds is 3. The Balaban J connectivity index is 1.41. The predicted octanol–water partition coefficient (Wildman–Crippen LogP) is 1.76. The second-order valence-corrected chi connectivity index (χ2v) is 8.00. The first-order valence-electron chi connectivity index (χ1n) is 10.5. The highest BCUT2D eigenvalue weighted by Crippen LogP contribution is 2.35. The molecule has 1 saturated heterocycles. The second-order valence-electron chi connectivity index (χ2n) is 8.00. The molecule has 5 rings (SSSR count). The molecule has 0 bridgehead atoms. The van der Waals surface area contributed by atoms with E-state index in [2.05, 4.69) is 43.7 Å². The summed E-state index contributed by atoms with van der Waals surface area (Å²) in [7, 11) is 3.33. The number of pyridine rings is 1. The van der Waals surface area contributed by atoms with Gasteiger partial charge in [-0.3, -0.25) is 4.90 Å². The molecular weight excluding hydrogens is 396 g/mol. The standard InChI is InChI=1S/C21H26N8O2/c1-13-12-28(9-7-22-13)18-4-6-23-20-14(18)5-8-29(20)21(30)24-17-10-15-16(11-19(17)31-3)26-27(2)25-15/h4,6,10-11,13,22H,5,7-9,12H2,1-3H3,(H,24,30)/t13-/m1/s1. The molecule has 0 spiro atoms. The molecular formula is C21H26N8O2. The number of fused-ring (bicyclic) bond motifs is 2. The lowest BCUT2D eigenvalue weighted by Crippen LogP contribution is -2.49. The van der Waals surface area contributed by atoms with Gasteiger partial charge < -0.3 is 20.3 Å². The minimum atomic E-state index is -0.237. The van der Waals surface area contributed by atoms with Gasteiger partial charge in [0.25, 0.3) is 0 Å². The molecule has 2 aliphatic rings. The number of piperazine rings is 1. The van der Waals surface area contributed by atoms with E-state index in [1.807, 2.05) is 0 Å². The highest BCUT2D eigenvalue weighted by Gasteiger charge is 2.31. The zero-order valence-corrected chi connectivity index (χ0v) is 17.9. The van der Waals surface area contributed by atoms with Gasteiger partial charge in [0.05, 0.1) is 12.8 Å². The zero-order chi connectivity index (χ0) is 21.5. The van der Waals surface area contributed by atoms with Crippen molar-refractivity contribution in [3.8, 4) is 5.75 Å². The van der Waals surface area contributed by atoms with Gasteiger partial charge in [0.15, 0.2) is 0 Å². The fraction of sp³-hybridized carbons (Fsp3) is 0.429. The molecule has 0 radical (unpaired) electrons. The highest BCUT2D eigenvalue weighted by atomic mass is 16.5. The molecule has 2 amide bonds. The summed E-state index contributed by atoms with van der Waals surface area (Å²) in [6.07, 6.45) is 2.57. The predicted molar refractivity (Wildman–Crippen MR) is 119 cm³/mol. The summed E-state index contributed by atoms with van der Waals surface area (Å²) >= 11 is 0. The van der Waals surface area contributed by atoms with Crippen molar-refractivity contribution in [2.75, 3.05) is 48.4 Å². The lowest BCUT2D eigenvalue weighted by Gasteiger charge is -2.34. The van der Waals surface area contributed by atoms with E-state index in [9.17, 15) is 4.79 Å². The molecule has 1 atom stereocenters. The molecule has 10 nitrogen and oxygen atoms in total. The minimum absolute atomic E-state index is 0.237. The van der Waals surface area contributed by atoms with Crippen LogP contribution in [0.5, 0.6) is 5.75 Å². The van der Waals surface area contributed by atoms with Crippen molar-refractivity contribution in [2.45, 2.75) is 19.4 Å². The number of nitrogens with one attached hydrogen (secondary N) is 2. The normalized spacial score (nSPS) is 18.4. The van der Waals surface area contributed by atoms with E-state index >= 15 is 0 Å². The van der Waals surface area contributed by atoms with Crippen molar-refractivity contribution in [3.63, 3.8) is 0 Å². The average molecular weight is 422 g/mol. The molecule has 0 saturated carbocycles. The number of methoxy groups -OCH3 is 1. The summed E-state index contributed by atoms with van der Waals surface area (Å²) in [6.45, 7) is 5.62. The summed E-state index contributed by atoms with van der Waals surface area (Å²) in [5, 5.41) is 15.1. The number of aromatic nitrogens is 4. The zero-order valence-electron chi connectivity index (χ0n) is 17.9. The van der Waals surface area contributed by atoms with Crippen molar-refractivity contribution < 1.29 is 9.53 Å². The first kappa shape index (κ1) is 19.6. The number of anilines is 3. The molecule has 2 aliphatic heterocycles. The molecule has 2 aromatic heterocycles. The fourth-order valence-corrected chi connectivity index (χ4v) is 4.42. The van der Waals surface area contributed by atoms with Crippen molar-refractivity contribution in [2.24, 2.45) is 7.05 Å². The van der Waals surface area contributed by atoms with E-state index in [-0.39, 0.29) is 6.03 Å². The van der Waals surface area contributed by atoms with Crippen molar-refractivity contribution >= 4 is 34.3 Å². The summed E-state index contributed by atoms with van der Waals surface area (Å²) in [5.74, 6) is 1.26. The van der Waals surface area contributed by atoms with E-state index in [1.54, 1.807) is 37.4 Å². The Labute approximate surface area is 180 Å². The summed E-state index contributed by atoms with van der Waals surface area (Å²) in [6, 6.07) is 5.81. The van der Waals surface area contributed by atoms with E-state index in [1.165, 1.54) is 10.5 Å². The molecule has 0 unspecified atom stereocenters. The second kappa shape index (κ2) is 7.69. The quantitative estimate of drug-likeness (QED) is 0.663. The minimum Gasteiger partial charge on any atom is -0.494 e. The van der Waals surface area contributed by atoms with Gasteiger partial charge in [-0.1, -0.05) is 0 Å². The number of carbonyl (C=O) groups excluding carboxylic acids is 1. The molecule has 1 aromatic carbocycles. The highest BCUT2D eigenvalue weighted by molar-refractivity contribution is 6.04. The van der Waals surface area contributed by atoms with Crippen LogP contribution in [-0.4, -0.2) is 65.3 Å². The number of amides is 2. The lowest BCUT2D eigenvalue weighted by molar-refractivity contribution is 0.257. The van der Waals surface area contributed by atoms with Gasteiger partial charge in [0, 0.05) is 62.8 Å². The van der Waals surface area contributed by atoms with Crippen molar-refractivity contribution in [1.29, 1.82) is 0 Å². The van der Waals surface area contributed by atoms with Crippen LogP contribution in [0.4, 0.5) is 22.0 Å². The summed E-state index contributed by atoms with van der Waals surface area (Å²) in [5.41, 5.74) is 4.26. The molecule has 10 heteroatoms. The maximum absolute atomic E-state index is 13.2. The Bertz CT molecular complexity index is 1140. The number of hydrogen-bond acceptors (Lipinski definition) is 7.